The van der Waals surface area contributed by atoms with Crippen LogP contribution in [-0.4, -0.2) is 23.5 Å². The summed E-state index contributed by atoms with van der Waals surface area (Å²) in [6.07, 6.45) is 3.42. The molecule has 0 fully saturated rings. The summed E-state index contributed by atoms with van der Waals surface area (Å²) in [4.78, 5) is 29.2. The van der Waals surface area contributed by atoms with Crippen LogP contribution in [-0.2, 0) is 4.74 Å². The van der Waals surface area contributed by atoms with E-state index in [2.05, 4.69) is 10.3 Å². The van der Waals surface area contributed by atoms with Crippen molar-refractivity contribution in [1.82, 2.24) is 4.98 Å². The van der Waals surface area contributed by atoms with Crippen LogP contribution in [0.1, 0.15) is 38.8 Å². The molecule has 0 unspecified atom stereocenters. The molecule has 3 aromatic rings. The number of nitrogens with zero attached hydrogens (tertiary/aromatic N) is 1. The van der Waals surface area contributed by atoms with Crippen molar-refractivity contribution in [2.24, 2.45) is 0 Å². The summed E-state index contributed by atoms with van der Waals surface area (Å²) < 4.78 is 5.03. The fourth-order valence-corrected chi connectivity index (χ4v) is 3.13. The Morgan fingerprint density at radius 2 is 1.71 bits per heavy atom. The van der Waals surface area contributed by atoms with Gasteiger partial charge in [0.1, 0.15) is 0 Å². The van der Waals surface area contributed by atoms with Crippen LogP contribution in [0.5, 0.6) is 0 Å². The Labute approximate surface area is 164 Å². The quantitative estimate of drug-likeness (QED) is 0.652. The molecule has 0 saturated heterocycles. The Morgan fingerprint density at radius 3 is 2.43 bits per heavy atom. The molecule has 0 aliphatic carbocycles. The lowest BCUT2D eigenvalue weighted by molar-refractivity contribution is 0.0526. The van der Waals surface area contributed by atoms with Gasteiger partial charge >= 0.3 is 5.97 Å². The van der Waals surface area contributed by atoms with E-state index in [-0.39, 0.29) is 5.91 Å². The maximum absolute atomic E-state index is 13.1. The van der Waals surface area contributed by atoms with Gasteiger partial charge in [0, 0.05) is 18.1 Å². The number of ether oxygens (including phenoxy) is 1. The molecule has 142 valence electrons. The Hall–Kier alpha value is -3.47. The van der Waals surface area contributed by atoms with Crippen molar-refractivity contribution in [2.45, 2.75) is 20.8 Å². The molecule has 1 amide bonds. The number of rotatable bonds is 5. The second-order valence-corrected chi connectivity index (χ2v) is 6.44. The van der Waals surface area contributed by atoms with E-state index in [1.165, 1.54) is 0 Å². The van der Waals surface area contributed by atoms with Crippen LogP contribution in [0.25, 0.3) is 11.1 Å². The number of anilines is 1. The second kappa shape index (κ2) is 8.48. The Balaban J connectivity index is 1.97. The van der Waals surface area contributed by atoms with Crippen molar-refractivity contribution in [3.63, 3.8) is 0 Å². The highest BCUT2D eigenvalue weighted by atomic mass is 16.5. The molecular weight excluding hydrogens is 352 g/mol. The Morgan fingerprint density at radius 1 is 1.00 bits per heavy atom. The van der Waals surface area contributed by atoms with Gasteiger partial charge in [0.05, 0.1) is 17.7 Å². The molecule has 1 N–H and O–H groups in total. The number of nitrogens with one attached hydrogen (secondary N) is 1. The lowest BCUT2D eigenvalue weighted by atomic mass is 9.92. The lowest BCUT2D eigenvalue weighted by Gasteiger charge is -2.16. The normalized spacial score (nSPS) is 10.4. The summed E-state index contributed by atoms with van der Waals surface area (Å²) in [5.74, 6) is -0.642. The molecule has 5 nitrogen and oxygen atoms in total. The summed E-state index contributed by atoms with van der Waals surface area (Å²) in [5.41, 5.74) is 5.22. The molecule has 1 aromatic heterocycles. The van der Waals surface area contributed by atoms with Gasteiger partial charge in [-0.1, -0.05) is 18.2 Å². The molecule has 28 heavy (non-hydrogen) atoms. The van der Waals surface area contributed by atoms with Gasteiger partial charge in [-0.15, -0.1) is 0 Å². The van der Waals surface area contributed by atoms with Gasteiger partial charge in [-0.2, -0.15) is 0 Å². The third kappa shape index (κ3) is 4.09. The highest BCUT2D eigenvalue weighted by Crippen LogP contribution is 2.30. The third-order valence-corrected chi connectivity index (χ3v) is 4.45. The predicted octanol–water partition coefficient (Wildman–Crippen LogP) is 4.79. The van der Waals surface area contributed by atoms with Crippen LogP contribution in [0.15, 0.2) is 60.9 Å². The first-order valence-corrected chi connectivity index (χ1v) is 9.10. The van der Waals surface area contributed by atoms with Gasteiger partial charge in [0.2, 0.25) is 0 Å². The zero-order valence-electron chi connectivity index (χ0n) is 16.2. The average molecular weight is 374 g/mol. The van der Waals surface area contributed by atoms with Crippen molar-refractivity contribution in [2.75, 3.05) is 11.9 Å². The largest absolute Gasteiger partial charge is 0.462 e. The van der Waals surface area contributed by atoms with E-state index >= 15 is 0 Å². The topological polar surface area (TPSA) is 68.3 Å². The molecule has 3 rings (SSSR count). The van der Waals surface area contributed by atoms with Crippen LogP contribution in [0.3, 0.4) is 0 Å². The standard InChI is InChI=1S/C23H22N2O3/c1-4-28-23(27)18-6-5-7-19(14-18)25-22(26)21-16(3)9-8-15(2)20(21)17-10-12-24-13-11-17/h5-14H,4H2,1-3H3,(H,25,26). The zero-order chi connectivity index (χ0) is 20.1. The summed E-state index contributed by atoms with van der Waals surface area (Å²) in [6, 6.07) is 14.5. The minimum Gasteiger partial charge on any atom is -0.462 e. The number of aromatic nitrogens is 1. The molecule has 0 aliphatic rings. The number of carbonyl (C=O) groups is 2. The van der Waals surface area contributed by atoms with E-state index in [1.54, 1.807) is 43.6 Å². The van der Waals surface area contributed by atoms with Gasteiger partial charge in [0.25, 0.3) is 5.91 Å². The van der Waals surface area contributed by atoms with E-state index in [0.29, 0.717) is 23.4 Å². The van der Waals surface area contributed by atoms with Crippen molar-refractivity contribution in [3.8, 4) is 11.1 Å². The number of pyridine rings is 1. The molecule has 0 bridgehead atoms. The molecule has 0 radical (unpaired) electrons. The van der Waals surface area contributed by atoms with Crippen molar-refractivity contribution < 1.29 is 14.3 Å². The summed E-state index contributed by atoms with van der Waals surface area (Å²) >= 11 is 0. The maximum atomic E-state index is 13.1. The second-order valence-electron chi connectivity index (χ2n) is 6.44. The highest BCUT2D eigenvalue weighted by molar-refractivity contribution is 6.10. The minimum absolute atomic E-state index is 0.228. The Kier molecular flexibility index (Phi) is 5.84. The predicted molar refractivity (Wildman–Crippen MR) is 109 cm³/mol. The number of aryl methyl sites for hydroxylation is 2. The number of amides is 1. The smallest absolute Gasteiger partial charge is 0.338 e. The van der Waals surface area contributed by atoms with E-state index in [0.717, 1.165) is 22.3 Å². The molecule has 0 atom stereocenters. The van der Waals surface area contributed by atoms with Crippen LogP contribution < -0.4 is 5.32 Å². The van der Waals surface area contributed by atoms with E-state index in [4.69, 9.17) is 4.74 Å². The number of hydrogen-bond donors (Lipinski definition) is 1. The van der Waals surface area contributed by atoms with Gasteiger partial charge in [-0.3, -0.25) is 9.78 Å². The molecule has 5 heteroatoms. The SMILES string of the molecule is CCOC(=O)c1cccc(NC(=O)c2c(C)ccc(C)c2-c2ccncc2)c1. The zero-order valence-corrected chi connectivity index (χ0v) is 16.2. The van der Waals surface area contributed by atoms with Gasteiger partial charge < -0.3 is 10.1 Å². The van der Waals surface area contributed by atoms with Crippen LogP contribution in [0.4, 0.5) is 5.69 Å². The third-order valence-electron chi connectivity index (χ3n) is 4.45. The lowest BCUT2D eigenvalue weighted by Crippen LogP contribution is -2.16. The van der Waals surface area contributed by atoms with Gasteiger partial charge in [0.15, 0.2) is 0 Å². The first-order chi connectivity index (χ1) is 13.5. The maximum Gasteiger partial charge on any atom is 0.338 e. The molecule has 0 spiro atoms. The van der Waals surface area contributed by atoms with Crippen LogP contribution >= 0.6 is 0 Å². The van der Waals surface area contributed by atoms with Crippen molar-refractivity contribution in [1.29, 1.82) is 0 Å². The van der Waals surface area contributed by atoms with Gasteiger partial charge in [-0.05, 0) is 73.4 Å². The highest BCUT2D eigenvalue weighted by Gasteiger charge is 2.18. The first-order valence-electron chi connectivity index (χ1n) is 9.10. The summed E-state index contributed by atoms with van der Waals surface area (Å²) in [5, 5.41) is 2.91. The first kappa shape index (κ1) is 19.3. The summed E-state index contributed by atoms with van der Waals surface area (Å²) in [7, 11) is 0. The Bertz CT molecular complexity index is 1010. The molecule has 0 saturated carbocycles. The number of hydrogen-bond acceptors (Lipinski definition) is 4. The van der Waals surface area contributed by atoms with Crippen LogP contribution in [0, 0.1) is 13.8 Å². The number of benzene rings is 2. The molecule has 1 heterocycles. The molecular formula is C23H22N2O3. The van der Waals surface area contributed by atoms with Crippen molar-refractivity contribution in [3.05, 3.63) is 83.2 Å². The molecule has 0 aliphatic heterocycles. The molecule has 2 aromatic carbocycles. The van der Waals surface area contributed by atoms with Crippen molar-refractivity contribution >= 4 is 17.6 Å². The van der Waals surface area contributed by atoms with E-state index < -0.39 is 5.97 Å². The van der Waals surface area contributed by atoms with E-state index in [9.17, 15) is 9.59 Å². The fourth-order valence-electron chi connectivity index (χ4n) is 3.13. The van der Waals surface area contributed by atoms with Gasteiger partial charge in [-0.25, -0.2) is 4.79 Å². The summed E-state index contributed by atoms with van der Waals surface area (Å²) in [6.45, 7) is 5.94. The van der Waals surface area contributed by atoms with Crippen LogP contribution in [0.2, 0.25) is 0 Å². The minimum atomic E-state index is -0.414. The fraction of sp³-hybridized carbons (Fsp3) is 0.174. The van der Waals surface area contributed by atoms with E-state index in [1.807, 2.05) is 38.1 Å². The monoisotopic (exact) mass is 374 g/mol. The average Bonchev–Trinajstić information content (AvgIpc) is 2.70. The number of esters is 1. The number of carbonyl (C=O) groups excluding carboxylic acids is 2.